The highest BCUT2D eigenvalue weighted by Gasteiger charge is 2.13. The second-order valence-corrected chi connectivity index (χ2v) is 4.91. The molecule has 6 heteroatoms. The van der Waals surface area contributed by atoms with Gasteiger partial charge in [-0.25, -0.2) is 4.98 Å². The lowest BCUT2D eigenvalue weighted by Crippen LogP contribution is -2.02. The predicted octanol–water partition coefficient (Wildman–Crippen LogP) is 2.66. The fourth-order valence-corrected chi connectivity index (χ4v) is 2.42. The van der Waals surface area contributed by atoms with Crippen LogP contribution in [-0.4, -0.2) is 25.4 Å². The quantitative estimate of drug-likeness (QED) is 0.591. The number of anilines is 1. The van der Waals surface area contributed by atoms with E-state index in [-0.39, 0.29) is 5.95 Å². The molecule has 0 aliphatic carbocycles. The van der Waals surface area contributed by atoms with Crippen LogP contribution in [0.5, 0.6) is 0 Å². The van der Waals surface area contributed by atoms with Gasteiger partial charge in [-0.15, -0.1) is 10.2 Å². The zero-order valence-electron chi connectivity index (χ0n) is 11.6. The molecule has 0 amide bonds. The van der Waals surface area contributed by atoms with Crippen LogP contribution in [0.2, 0.25) is 0 Å². The molecule has 0 spiro atoms. The molecule has 0 radical (unpaired) electrons. The number of nitrogens with one attached hydrogen (secondary N) is 1. The van der Waals surface area contributed by atoms with E-state index in [1.54, 1.807) is 6.20 Å². The number of nitrogens with two attached hydrogens (primary N) is 1. The van der Waals surface area contributed by atoms with E-state index in [1.165, 1.54) is 0 Å². The van der Waals surface area contributed by atoms with Crippen LogP contribution in [0.4, 0.5) is 5.95 Å². The zero-order chi connectivity index (χ0) is 14.9. The summed E-state index contributed by atoms with van der Waals surface area (Å²) in [5.41, 5.74) is 9.98. The Morgan fingerprint density at radius 3 is 2.59 bits per heavy atom. The van der Waals surface area contributed by atoms with E-state index in [9.17, 15) is 0 Å². The van der Waals surface area contributed by atoms with Crippen LogP contribution in [-0.2, 0) is 0 Å². The minimum Gasteiger partial charge on any atom is -0.366 e. The Morgan fingerprint density at radius 1 is 0.864 bits per heavy atom. The topological polar surface area (TPSA) is 93.4 Å². The average Bonchev–Trinajstić information content (AvgIpc) is 3.03. The van der Waals surface area contributed by atoms with Gasteiger partial charge in [0, 0.05) is 16.5 Å². The average molecular weight is 288 g/mol. The van der Waals surface area contributed by atoms with Crippen molar-refractivity contribution in [3.8, 4) is 22.5 Å². The molecule has 4 aromatic rings. The monoisotopic (exact) mass is 288 g/mol. The first-order valence-corrected chi connectivity index (χ1v) is 6.80. The van der Waals surface area contributed by atoms with E-state index in [2.05, 4.69) is 25.4 Å². The number of hydrogen-bond donors (Lipinski definition) is 2. The van der Waals surface area contributed by atoms with Crippen LogP contribution >= 0.6 is 0 Å². The normalized spacial score (nSPS) is 10.9. The number of benzene rings is 2. The van der Waals surface area contributed by atoms with E-state index in [0.717, 1.165) is 27.7 Å². The lowest BCUT2D eigenvalue weighted by molar-refractivity contribution is 0.997. The van der Waals surface area contributed by atoms with Crippen molar-refractivity contribution < 1.29 is 0 Å². The van der Waals surface area contributed by atoms with Crippen molar-refractivity contribution in [2.24, 2.45) is 0 Å². The van der Waals surface area contributed by atoms with E-state index in [1.807, 2.05) is 48.5 Å². The minimum absolute atomic E-state index is 0.159. The molecule has 0 aliphatic heterocycles. The second kappa shape index (κ2) is 4.92. The van der Waals surface area contributed by atoms with Gasteiger partial charge in [0.1, 0.15) is 11.4 Å². The second-order valence-electron chi connectivity index (χ2n) is 4.91. The van der Waals surface area contributed by atoms with Crippen molar-refractivity contribution >= 4 is 16.9 Å². The molecule has 0 saturated heterocycles. The SMILES string of the molecule is Nc1nnc(-c2ccc3[nH]ncc3c2)c(-c2ccccc2)n1. The lowest BCUT2D eigenvalue weighted by Gasteiger charge is -2.08. The smallest absolute Gasteiger partial charge is 0.240 e. The van der Waals surface area contributed by atoms with Crippen molar-refractivity contribution in [1.29, 1.82) is 0 Å². The molecular weight excluding hydrogens is 276 g/mol. The van der Waals surface area contributed by atoms with E-state index < -0.39 is 0 Å². The summed E-state index contributed by atoms with van der Waals surface area (Å²) in [6, 6.07) is 15.8. The van der Waals surface area contributed by atoms with Crippen LogP contribution in [0.25, 0.3) is 33.4 Å². The molecule has 6 nitrogen and oxygen atoms in total. The van der Waals surface area contributed by atoms with Crippen LogP contribution in [0.3, 0.4) is 0 Å². The third kappa shape index (κ3) is 2.07. The Labute approximate surface area is 126 Å². The minimum atomic E-state index is 0.159. The number of aromatic nitrogens is 5. The van der Waals surface area contributed by atoms with E-state index >= 15 is 0 Å². The van der Waals surface area contributed by atoms with Gasteiger partial charge in [0.05, 0.1) is 11.7 Å². The van der Waals surface area contributed by atoms with Crippen molar-refractivity contribution in [1.82, 2.24) is 25.4 Å². The Morgan fingerprint density at radius 2 is 1.73 bits per heavy atom. The zero-order valence-corrected chi connectivity index (χ0v) is 11.6. The highest BCUT2D eigenvalue weighted by Crippen LogP contribution is 2.30. The van der Waals surface area contributed by atoms with Gasteiger partial charge >= 0.3 is 0 Å². The first-order valence-electron chi connectivity index (χ1n) is 6.80. The Bertz CT molecular complexity index is 945. The number of aromatic amines is 1. The van der Waals surface area contributed by atoms with Gasteiger partial charge in [-0.2, -0.15) is 5.10 Å². The van der Waals surface area contributed by atoms with E-state index in [0.29, 0.717) is 5.69 Å². The molecular formula is C16H12N6. The van der Waals surface area contributed by atoms with Crippen molar-refractivity contribution in [3.05, 3.63) is 54.7 Å². The third-order valence-corrected chi connectivity index (χ3v) is 3.46. The highest BCUT2D eigenvalue weighted by atomic mass is 15.2. The molecule has 0 saturated carbocycles. The lowest BCUT2D eigenvalue weighted by atomic mass is 10.0. The predicted molar refractivity (Wildman–Crippen MR) is 84.8 cm³/mol. The molecule has 2 heterocycles. The fourth-order valence-electron chi connectivity index (χ4n) is 2.42. The Kier molecular flexibility index (Phi) is 2.79. The number of nitrogen functional groups attached to an aromatic ring is 1. The van der Waals surface area contributed by atoms with Crippen LogP contribution in [0.15, 0.2) is 54.7 Å². The largest absolute Gasteiger partial charge is 0.366 e. The molecule has 22 heavy (non-hydrogen) atoms. The maximum Gasteiger partial charge on any atom is 0.240 e. The maximum absolute atomic E-state index is 5.72. The summed E-state index contributed by atoms with van der Waals surface area (Å²) >= 11 is 0. The van der Waals surface area contributed by atoms with Gasteiger partial charge < -0.3 is 5.73 Å². The van der Waals surface area contributed by atoms with Crippen LogP contribution in [0, 0.1) is 0 Å². The summed E-state index contributed by atoms with van der Waals surface area (Å²) < 4.78 is 0. The molecule has 106 valence electrons. The van der Waals surface area contributed by atoms with Crippen LogP contribution in [0.1, 0.15) is 0 Å². The van der Waals surface area contributed by atoms with Gasteiger partial charge in [-0.1, -0.05) is 36.4 Å². The van der Waals surface area contributed by atoms with Crippen molar-refractivity contribution in [2.45, 2.75) is 0 Å². The summed E-state index contributed by atoms with van der Waals surface area (Å²) in [4.78, 5) is 4.37. The highest BCUT2D eigenvalue weighted by molar-refractivity contribution is 5.86. The molecule has 0 unspecified atom stereocenters. The van der Waals surface area contributed by atoms with Gasteiger partial charge in [0.15, 0.2) is 0 Å². The van der Waals surface area contributed by atoms with Gasteiger partial charge in [-0.05, 0) is 12.1 Å². The molecule has 2 aromatic carbocycles. The first kappa shape index (κ1) is 12.5. The first-order chi connectivity index (χ1) is 10.8. The van der Waals surface area contributed by atoms with Crippen molar-refractivity contribution in [2.75, 3.05) is 5.73 Å². The van der Waals surface area contributed by atoms with Crippen LogP contribution < -0.4 is 5.73 Å². The number of nitrogens with zero attached hydrogens (tertiary/aromatic N) is 4. The maximum atomic E-state index is 5.72. The molecule has 2 aromatic heterocycles. The molecule has 0 atom stereocenters. The third-order valence-electron chi connectivity index (χ3n) is 3.46. The Balaban J connectivity index is 1.94. The van der Waals surface area contributed by atoms with Gasteiger partial charge in [0.25, 0.3) is 0 Å². The molecule has 0 bridgehead atoms. The number of rotatable bonds is 2. The fraction of sp³-hybridized carbons (Fsp3) is 0. The van der Waals surface area contributed by atoms with Crippen molar-refractivity contribution in [3.63, 3.8) is 0 Å². The number of hydrogen-bond acceptors (Lipinski definition) is 5. The molecule has 0 aliphatic rings. The Hall–Kier alpha value is -3.28. The summed E-state index contributed by atoms with van der Waals surface area (Å²) in [6.07, 6.45) is 1.78. The molecule has 0 fully saturated rings. The summed E-state index contributed by atoms with van der Waals surface area (Å²) in [7, 11) is 0. The number of H-pyrrole nitrogens is 1. The molecule has 3 N–H and O–H groups in total. The number of fused-ring (bicyclic) bond motifs is 1. The van der Waals surface area contributed by atoms with E-state index in [4.69, 9.17) is 5.73 Å². The van der Waals surface area contributed by atoms with Gasteiger partial charge in [-0.3, -0.25) is 5.10 Å². The summed E-state index contributed by atoms with van der Waals surface area (Å²) in [6.45, 7) is 0. The summed E-state index contributed by atoms with van der Waals surface area (Å²) in [5.74, 6) is 0.159. The summed E-state index contributed by atoms with van der Waals surface area (Å²) in [5, 5.41) is 16.1. The standard InChI is InChI=1S/C16H12N6/c17-16-19-14(10-4-2-1-3-5-10)15(21-22-16)11-6-7-13-12(8-11)9-18-20-13/h1-9H,(H,18,20)(H2,17,19,22). The van der Waals surface area contributed by atoms with Gasteiger partial charge in [0.2, 0.25) is 5.95 Å². The molecule has 4 rings (SSSR count).